The average molecular weight is 398 g/mol. The lowest BCUT2D eigenvalue weighted by Crippen LogP contribution is -2.36. The van der Waals surface area contributed by atoms with E-state index in [0.717, 1.165) is 47.2 Å². The summed E-state index contributed by atoms with van der Waals surface area (Å²) in [5, 5.41) is 6.66. The predicted molar refractivity (Wildman–Crippen MR) is 116 cm³/mol. The Balaban J connectivity index is 1.52. The first-order valence-corrected chi connectivity index (χ1v) is 10.1. The first kappa shape index (κ1) is 20.8. The van der Waals surface area contributed by atoms with E-state index in [-0.39, 0.29) is 0 Å². The molecule has 0 aliphatic heterocycles. The molecule has 29 heavy (non-hydrogen) atoms. The van der Waals surface area contributed by atoms with Crippen LogP contribution in [0.5, 0.6) is 17.2 Å². The maximum Gasteiger partial charge on any atom is 0.191 e. The molecular formula is C23H31N3O3. The Morgan fingerprint density at radius 1 is 0.897 bits per heavy atom. The largest absolute Gasteiger partial charge is 0.497 e. The van der Waals surface area contributed by atoms with Gasteiger partial charge in [-0.05, 0) is 61.1 Å². The molecule has 0 radical (unpaired) electrons. The molecule has 6 heteroatoms. The molecule has 0 bridgehead atoms. The number of hydrogen-bond donors (Lipinski definition) is 2. The van der Waals surface area contributed by atoms with E-state index in [9.17, 15) is 0 Å². The Bertz CT molecular complexity index is 800. The van der Waals surface area contributed by atoms with E-state index in [4.69, 9.17) is 14.2 Å². The Hall–Kier alpha value is -2.89. The number of hydrogen-bond acceptors (Lipinski definition) is 4. The lowest BCUT2D eigenvalue weighted by Gasteiger charge is -2.17. The third-order valence-corrected chi connectivity index (χ3v) is 5.13. The van der Waals surface area contributed by atoms with Crippen LogP contribution in [0.3, 0.4) is 0 Å². The molecule has 2 aromatic carbocycles. The van der Waals surface area contributed by atoms with Gasteiger partial charge in [0, 0.05) is 20.1 Å². The predicted octanol–water partition coefficient (Wildman–Crippen LogP) is 3.89. The highest BCUT2D eigenvalue weighted by atomic mass is 16.5. The second kappa shape index (κ2) is 10.6. The summed E-state index contributed by atoms with van der Waals surface area (Å²) < 4.78 is 16.8. The molecule has 156 valence electrons. The quantitative estimate of drug-likeness (QED) is 0.523. The fourth-order valence-electron chi connectivity index (χ4n) is 3.44. The van der Waals surface area contributed by atoms with Gasteiger partial charge in [-0.1, -0.05) is 18.2 Å². The standard InChI is InChI=1S/C23H31N3O3/c1-24-23(25-15-17-8-11-19(27-2)12-9-17)26-16-18-10-13-21(22(14-18)28-3)29-20-6-4-5-7-20/h8-14,20H,4-7,15-16H2,1-3H3,(H2,24,25,26). The molecule has 0 unspecified atom stereocenters. The minimum absolute atomic E-state index is 0.314. The van der Waals surface area contributed by atoms with Crippen LogP contribution in [0.15, 0.2) is 47.5 Å². The zero-order chi connectivity index (χ0) is 20.5. The van der Waals surface area contributed by atoms with Gasteiger partial charge in [-0.15, -0.1) is 0 Å². The number of aliphatic imine (C=N–C) groups is 1. The molecular weight excluding hydrogens is 366 g/mol. The third-order valence-electron chi connectivity index (χ3n) is 5.13. The van der Waals surface area contributed by atoms with E-state index < -0.39 is 0 Å². The van der Waals surface area contributed by atoms with Crippen LogP contribution in [-0.4, -0.2) is 33.3 Å². The van der Waals surface area contributed by atoms with E-state index in [1.54, 1.807) is 21.3 Å². The smallest absolute Gasteiger partial charge is 0.191 e. The third kappa shape index (κ3) is 6.04. The molecule has 1 fully saturated rings. The maximum atomic E-state index is 6.11. The van der Waals surface area contributed by atoms with Crippen LogP contribution in [0.2, 0.25) is 0 Å². The van der Waals surface area contributed by atoms with Crippen LogP contribution in [0.4, 0.5) is 0 Å². The van der Waals surface area contributed by atoms with E-state index in [1.165, 1.54) is 12.8 Å². The molecule has 0 saturated heterocycles. The van der Waals surface area contributed by atoms with Crippen LogP contribution < -0.4 is 24.8 Å². The van der Waals surface area contributed by atoms with Gasteiger partial charge in [-0.2, -0.15) is 0 Å². The van der Waals surface area contributed by atoms with Crippen LogP contribution in [-0.2, 0) is 13.1 Å². The van der Waals surface area contributed by atoms with Crippen LogP contribution in [0.25, 0.3) is 0 Å². The summed E-state index contributed by atoms with van der Waals surface area (Å²) in [7, 11) is 5.12. The second-order valence-corrected chi connectivity index (χ2v) is 7.14. The SMILES string of the molecule is CN=C(NCc1ccc(OC)cc1)NCc1ccc(OC2CCCC2)c(OC)c1. The number of rotatable bonds is 8. The molecule has 0 heterocycles. The van der Waals surface area contributed by atoms with Gasteiger partial charge < -0.3 is 24.8 Å². The fourth-order valence-corrected chi connectivity index (χ4v) is 3.44. The number of methoxy groups -OCH3 is 2. The Morgan fingerprint density at radius 2 is 1.55 bits per heavy atom. The van der Waals surface area contributed by atoms with Gasteiger partial charge in [0.05, 0.1) is 20.3 Å². The highest BCUT2D eigenvalue weighted by molar-refractivity contribution is 5.79. The van der Waals surface area contributed by atoms with Gasteiger partial charge in [-0.3, -0.25) is 4.99 Å². The molecule has 0 spiro atoms. The van der Waals surface area contributed by atoms with Crippen molar-refractivity contribution in [1.82, 2.24) is 10.6 Å². The highest BCUT2D eigenvalue weighted by Crippen LogP contribution is 2.32. The maximum absolute atomic E-state index is 6.11. The molecule has 0 amide bonds. The van der Waals surface area contributed by atoms with Crippen molar-refractivity contribution in [3.8, 4) is 17.2 Å². The van der Waals surface area contributed by atoms with Crippen molar-refractivity contribution in [3.63, 3.8) is 0 Å². The lowest BCUT2D eigenvalue weighted by atomic mass is 10.2. The zero-order valence-electron chi connectivity index (χ0n) is 17.5. The van der Waals surface area contributed by atoms with E-state index in [2.05, 4.69) is 21.7 Å². The number of guanidine groups is 1. The molecule has 2 N–H and O–H groups in total. The monoisotopic (exact) mass is 397 g/mol. The zero-order valence-corrected chi connectivity index (χ0v) is 17.5. The topological polar surface area (TPSA) is 64.1 Å². The number of nitrogens with one attached hydrogen (secondary N) is 2. The van der Waals surface area contributed by atoms with Crippen LogP contribution in [0, 0.1) is 0 Å². The fraction of sp³-hybridized carbons (Fsp3) is 0.435. The van der Waals surface area contributed by atoms with Gasteiger partial charge >= 0.3 is 0 Å². The normalized spacial score (nSPS) is 14.5. The van der Waals surface area contributed by atoms with Gasteiger partial charge in [0.1, 0.15) is 5.75 Å². The molecule has 1 saturated carbocycles. The van der Waals surface area contributed by atoms with E-state index in [1.807, 2.05) is 36.4 Å². The van der Waals surface area contributed by atoms with Crippen molar-refractivity contribution < 1.29 is 14.2 Å². The molecule has 6 nitrogen and oxygen atoms in total. The summed E-state index contributed by atoms with van der Waals surface area (Å²) in [5.74, 6) is 3.19. The van der Waals surface area contributed by atoms with Gasteiger partial charge in [-0.25, -0.2) is 0 Å². The number of ether oxygens (including phenoxy) is 3. The van der Waals surface area contributed by atoms with E-state index >= 15 is 0 Å². The summed E-state index contributed by atoms with van der Waals surface area (Å²) in [4.78, 5) is 4.29. The lowest BCUT2D eigenvalue weighted by molar-refractivity contribution is 0.200. The molecule has 3 rings (SSSR count). The summed E-state index contributed by atoms with van der Waals surface area (Å²) in [6.45, 7) is 1.32. The molecule has 1 aliphatic rings. The molecule has 1 aliphatic carbocycles. The molecule has 0 atom stereocenters. The highest BCUT2D eigenvalue weighted by Gasteiger charge is 2.18. The van der Waals surface area contributed by atoms with Crippen LogP contribution in [0.1, 0.15) is 36.8 Å². The molecule has 0 aromatic heterocycles. The van der Waals surface area contributed by atoms with Crippen molar-refractivity contribution in [1.29, 1.82) is 0 Å². The Labute approximate surface area is 173 Å². The average Bonchev–Trinajstić information content (AvgIpc) is 3.28. The van der Waals surface area contributed by atoms with Gasteiger partial charge in [0.2, 0.25) is 0 Å². The van der Waals surface area contributed by atoms with Crippen molar-refractivity contribution in [2.45, 2.75) is 44.9 Å². The minimum Gasteiger partial charge on any atom is -0.497 e. The number of benzene rings is 2. The first-order valence-electron chi connectivity index (χ1n) is 10.1. The summed E-state index contributed by atoms with van der Waals surface area (Å²) >= 11 is 0. The molecule has 2 aromatic rings. The van der Waals surface area contributed by atoms with Crippen molar-refractivity contribution in [2.75, 3.05) is 21.3 Å². The van der Waals surface area contributed by atoms with Crippen molar-refractivity contribution >= 4 is 5.96 Å². The second-order valence-electron chi connectivity index (χ2n) is 7.14. The summed E-state index contributed by atoms with van der Waals surface area (Å²) in [6.07, 6.45) is 5.06. The summed E-state index contributed by atoms with van der Waals surface area (Å²) in [6, 6.07) is 14.1. The van der Waals surface area contributed by atoms with Gasteiger partial charge in [0.25, 0.3) is 0 Å². The Kier molecular flexibility index (Phi) is 7.61. The summed E-state index contributed by atoms with van der Waals surface area (Å²) in [5.41, 5.74) is 2.26. The van der Waals surface area contributed by atoms with Crippen molar-refractivity contribution in [3.05, 3.63) is 53.6 Å². The Morgan fingerprint density at radius 3 is 2.17 bits per heavy atom. The van der Waals surface area contributed by atoms with Crippen LogP contribution >= 0.6 is 0 Å². The minimum atomic E-state index is 0.314. The van der Waals surface area contributed by atoms with Gasteiger partial charge in [0.15, 0.2) is 17.5 Å². The van der Waals surface area contributed by atoms with E-state index in [0.29, 0.717) is 19.2 Å². The number of nitrogens with zero attached hydrogens (tertiary/aromatic N) is 1. The first-order chi connectivity index (χ1) is 14.2. The van der Waals surface area contributed by atoms with Crippen molar-refractivity contribution in [2.24, 2.45) is 4.99 Å².